The summed E-state index contributed by atoms with van der Waals surface area (Å²) in [6.07, 6.45) is 5.45. The minimum absolute atomic E-state index is 0.0134. The van der Waals surface area contributed by atoms with E-state index in [2.05, 4.69) is 41.5 Å². The van der Waals surface area contributed by atoms with Gasteiger partial charge in [-0.05, 0) is 60.2 Å². The number of aliphatic hydroxyl groups excluding tert-OH is 1. The molecule has 1 saturated heterocycles. The van der Waals surface area contributed by atoms with Crippen molar-refractivity contribution in [3.63, 3.8) is 0 Å². The Morgan fingerprint density at radius 2 is 1.91 bits per heavy atom. The average Bonchev–Trinajstić information content (AvgIpc) is 3.49. The fourth-order valence-corrected chi connectivity index (χ4v) is 5.99. The minimum Gasteiger partial charge on any atom is -0.497 e. The molecule has 0 bridgehead atoms. The maximum Gasteiger partial charge on any atom is 0.318 e. The summed E-state index contributed by atoms with van der Waals surface area (Å²) in [7, 11) is 3.74. The van der Waals surface area contributed by atoms with Crippen LogP contribution in [0.25, 0.3) is 11.1 Å². The molecule has 3 atom stereocenters. The molecular weight excluding hydrogens is 402 g/mol. The molecule has 2 aromatic rings. The Labute approximate surface area is 190 Å². The fraction of sp³-hybridized carbons (Fsp3) is 0.500. The van der Waals surface area contributed by atoms with Crippen LogP contribution in [0, 0.1) is 5.92 Å². The molecule has 0 aromatic heterocycles. The summed E-state index contributed by atoms with van der Waals surface area (Å²) in [5, 5.41) is 13.5. The van der Waals surface area contributed by atoms with Crippen molar-refractivity contribution < 1.29 is 14.6 Å². The molecule has 6 nitrogen and oxygen atoms in total. The van der Waals surface area contributed by atoms with E-state index in [1.807, 2.05) is 23.1 Å². The molecule has 3 aliphatic rings. The number of nitrogens with zero attached hydrogens (tertiary/aromatic N) is 2. The lowest BCUT2D eigenvalue weighted by Gasteiger charge is -2.44. The number of carbonyl (C=O) groups excluding carboxylic acids is 1. The van der Waals surface area contributed by atoms with E-state index in [9.17, 15) is 9.90 Å². The summed E-state index contributed by atoms with van der Waals surface area (Å²) in [6.45, 7) is 0.813. The first kappa shape index (κ1) is 21.1. The summed E-state index contributed by atoms with van der Waals surface area (Å²) in [4.78, 5) is 17.5. The number of likely N-dealkylation sites (N-methyl/N-ethyl adjacent to an activating group) is 1. The smallest absolute Gasteiger partial charge is 0.318 e. The van der Waals surface area contributed by atoms with E-state index in [0.717, 1.165) is 48.4 Å². The summed E-state index contributed by atoms with van der Waals surface area (Å²) in [6, 6.07) is 14.9. The highest BCUT2D eigenvalue weighted by Gasteiger charge is 2.48. The molecule has 32 heavy (non-hydrogen) atoms. The predicted molar refractivity (Wildman–Crippen MR) is 126 cm³/mol. The predicted octanol–water partition coefficient (Wildman–Crippen LogP) is 4.19. The van der Waals surface area contributed by atoms with Gasteiger partial charge in [0.2, 0.25) is 0 Å². The van der Waals surface area contributed by atoms with Gasteiger partial charge in [0.25, 0.3) is 0 Å². The summed E-state index contributed by atoms with van der Waals surface area (Å²) < 4.78 is 5.42. The molecule has 1 aliphatic carbocycles. The van der Waals surface area contributed by atoms with Gasteiger partial charge in [0.1, 0.15) is 5.75 Å². The van der Waals surface area contributed by atoms with Crippen molar-refractivity contribution in [1.82, 2.24) is 10.2 Å². The number of nitrogens with one attached hydrogen (secondary N) is 1. The van der Waals surface area contributed by atoms with Crippen LogP contribution >= 0.6 is 0 Å². The Bertz CT molecular complexity index is 988. The number of hydrogen-bond acceptors (Lipinski definition) is 4. The maximum absolute atomic E-state index is 13.3. The number of amides is 2. The third-order valence-corrected chi connectivity index (χ3v) is 7.70. The van der Waals surface area contributed by atoms with Crippen LogP contribution in [0.15, 0.2) is 42.5 Å². The van der Waals surface area contributed by atoms with Crippen molar-refractivity contribution in [2.45, 2.75) is 50.2 Å². The number of benzene rings is 2. The largest absolute Gasteiger partial charge is 0.497 e. The topological polar surface area (TPSA) is 65.0 Å². The van der Waals surface area contributed by atoms with Crippen LogP contribution in [-0.2, 0) is 0 Å². The van der Waals surface area contributed by atoms with E-state index in [-0.39, 0.29) is 30.6 Å². The van der Waals surface area contributed by atoms with Crippen LogP contribution in [-0.4, -0.2) is 55.4 Å². The van der Waals surface area contributed by atoms with Gasteiger partial charge in [-0.3, -0.25) is 0 Å². The number of urea groups is 1. The van der Waals surface area contributed by atoms with Gasteiger partial charge < -0.3 is 25.0 Å². The van der Waals surface area contributed by atoms with Crippen LogP contribution < -0.4 is 15.0 Å². The lowest BCUT2D eigenvalue weighted by atomic mass is 9.81. The van der Waals surface area contributed by atoms with Gasteiger partial charge in [0.05, 0.1) is 25.8 Å². The van der Waals surface area contributed by atoms with E-state index in [1.54, 1.807) is 7.11 Å². The van der Waals surface area contributed by atoms with Crippen LogP contribution in [0.3, 0.4) is 0 Å². The van der Waals surface area contributed by atoms with Crippen LogP contribution in [0.2, 0.25) is 0 Å². The summed E-state index contributed by atoms with van der Waals surface area (Å²) in [5.74, 6) is 1.04. The molecule has 6 heteroatoms. The van der Waals surface area contributed by atoms with Crippen molar-refractivity contribution in [2.24, 2.45) is 5.92 Å². The highest BCUT2D eigenvalue weighted by atomic mass is 16.5. The maximum atomic E-state index is 13.3. The number of methoxy groups -OCH3 is 1. The number of hydrogen-bond donors (Lipinski definition) is 2. The first-order chi connectivity index (χ1) is 15.6. The van der Waals surface area contributed by atoms with Crippen molar-refractivity contribution in [3.8, 4) is 16.9 Å². The normalized spacial score (nSPS) is 24.9. The van der Waals surface area contributed by atoms with Crippen LogP contribution in [0.4, 0.5) is 10.5 Å². The molecule has 2 heterocycles. The molecule has 1 saturated carbocycles. The van der Waals surface area contributed by atoms with Gasteiger partial charge in [0, 0.05) is 31.2 Å². The molecule has 0 radical (unpaired) electrons. The molecule has 2 amide bonds. The Morgan fingerprint density at radius 3 is 2.66 bits per heavy atom. The zero-order valence-electron chi connectivity index (χ0n) is 19.0. The number of likely N-dealkylation sites (tertiary alicyclic amines) is 1. The number of fused-ring (bicyclic) bond motifs is 3. The molecule has 2 aromatic carbocycles. The third-order valence-electron chi connectivity index (χ3n) is 7.70. The SMILES string of the molecule is COc1cccc(-c2ccc3c(c2)[C@@H]2[C@@H](CCN2C(=O)NC2CCCC2)[C@H](CO)N3C)c1. The lowest BCUT2D eigenvalue weighted by Crippen LogP contribution is -2.50. The second kappa shape index (κ2) is 8.66. The fourth-order valence-electron chi connectivity index (χ4n) is 5.99. The second-order valence-electron chi connectivity index (χ2n) is 9.39. The zero-order valence-corrected chi connectivity index (χ0v) is 19.0. The van der Waals surface area contributed by atoms with Gasteiger partial charge in [0.15, 0.2) is 0 Å². The van der Waals surface area contributed by atoms with Gasteiger partial charge in [-0.25, -0.2) is 4.79 Å². The van der Waals surface area contributed by atoms with E-state index >= 15 is 0 Å². The van der Waals surface area contributed by atoms with E-state index in [4.69, 9.17) is 4.74 Å². The quantitative estimate of drug-likeness (QED) is 0.756. The van der Waals surface area contributed by atoms with Gasteiger partial charge in [-0.2, -0.15) is 0 Å². The van der Waals surface area contributed by atoms with E-state index < -0.39 is 0 Å². The number of anilines is 1. The van der Waals surface area contributed by atoms with Gasteiger partial charge >= 0.3 is 6.03 Å². The number of rotatable bonds is 4. The van der Waals surface area contributed by atoms with Crippen molar-refractivity contribution in [3.05, 3.63) is 48.0 Å². The Kier molecular flexibility index (Phi) is 5.72. The van der Waals surface area contributed by atoms with Crippen molar-refractivity contribution in [1.29, 1.82) is 0 Å². The Balaban J connectivity index is 1.52. The second-order valence-corrected chi connectivity index (χ2v) is 9.39. The van der Waals surface area contributed by atoms with E-state index in [1.165, 1.54) is 18.4 Å². The average molecular weight is 436 g/mol. The molecule has 170 valence electrons. The molecule has 2 fully saturated rings. The first-order valence-electron chi connectivity index (χ1n) is 11.8. The number of aliphatic hydroxyl groups is 1. The molecule has 0 unspecified atom stereocenters. The molecule has 2 N–H and O–H groups in total. The number of carbonyl (C=O) groups is 1. The van der Waals surface area contributed by atoms with Gasteiger partial charge in [-0.15, -0.1) is 0 Å². The van der Waals surface area contributed by atoms with Crippen LogP contribution in [0.1, 0.15) is 43.7 Å². The van der Waals surface area contributed by atoms with E-state index in [0.29, 0.717) is 6.04 Å². The Hall–Kier alpha value is -2.73. The highest BCUT2D eigenvalue weighted by molar-refractivity contribution is 5.78. The lowest BCUT2D eigenvalue weighted by molar-refractivity contribution is 0.158. The Morgan fingerprint density at radius 1 is 1.12 bits per heavy atom. The molecular formula is C26H33N3O3. The zero-order chi connectivity index (χ0) is 22.2. The summed E-state index contributed by atoms with van der Waals surface area (Å²) >= 11 is 0. The first-order valence-corrected chi connectivity index (χ1v) is 11.8. The summed E-state index contributed by atoms with van der Waals surface area (Å²) in [5.41, 5.74) is 4.47. The van der Waals surface area contributed by atoms with Gasteiger partial charge in [-0.1, -0.05) is 31.0 Å². The van der Waals surface area contributed by atoms with Crippen molar-refractivity contribution >= 4 is 11.7 Å². The van der Waals surface area contributed by atoms with Crippen molar-refractivity contribution in [2.75, 3.05) is 32.2 Å². The molecule has 2 aliphatic heterocycles. The third kappa shape index (κ3) is 3.60. The monoisotopic (exact) mass is 435 g/mol. The van der Waals surface area contributed by atoms with Crippen LogP contribution in [0.5, 0.6) is 5.75 Å². The standard InChI is InChI=1S/C26H33N3O3/c1-28-23-11-10-18(17-6-5-9-20(14-17)32-2)15-22(23)25-21(24(28)16-30)12-13-29(25)26(31)27-19-7-3-4-8-19/h5-6,9-11,14-15,19,21,24-25,30H,3-4,7-8,12-13,16H2,1-2H3,(H,27,31)/t21-,24-,25-/m0/s1. The minimum atomic E-state index is -0.0229. The molecule has 5 rings (SSSR count). The molecule has 0 spiro atoms. The number of ether oxygens (including phenoxy) is 1. The highest BCUT2D eigenvalue weighted by Crippen LogP contribution is 2.49.